The van der Waals surface area contributed by atoms with Crippen molar-refractivity contribution >= 4 is 39.1 Å². The van der Waals surface area contributed by atoms with E-state index in [1.807, 2.05) is 30.5 Å². The molecule has 0 fully saturated rings. The highest BCUT2D eigenvalue weighted by Gasteiger charge is 2.20. The van der Waals surface area contributed by atoms with Crippen LogP contribution in [0.5, 0.6) is 0 Å². The van der Waals surface area contributed by atoms with Gasteiger partial charge in [0.1, 0.15) is 5.52 Å². The highest BCUT2D eigenvalue weighted by atomic mass is 16.3. The molecule has 0 amide bonds. The number of anilines is 3. The van der Waals surface area contributed by atoms with E-state index in [-0.39, 0.29) is 0 Å². The molecule has 2 heterocycles. The van der Waals surface area contributed by atoms with E-state index in [9.17, 15) is 0 Å². The first-order valence-corrected chi connectivity index (χ1v) is 14.8. The van der Waals surface area contributed by atoms with Crippen molar-refractivity contribution in [2.75, 3.05) is 4.90 Å². The van der Waals surface area contributed by atoms with Gasteiger partial charge in [-0.05, 0) is 81.9 Å². The van der Waals surface area contributed by atoms with Crippen LogP contribution in [0.1, 0.15) is 0 Å². The summed E-state index contributed by atoms with van der Waals surface area (Å²) >= 11 is 0. The molecule has 0 spiro atoms. The summed E-state index contributed by atoms with van der Waals surface area (Å²) in [6, 6.07) is 57.4. The number of rotatable bonds is 6. The molecule has 0 aliphatic carbocycles. The maximum Gasteiger partial charge on any atom is 0.161 e. The van der Waals surface area contributed by atoms with Gasteiger partial charge >= 0.3 is 0 Å². The predicted octanol–water partition coefficient (Wildman–Crippen LogP) is 11.5. The van der Waals surface area contributed by atoms with Crippen LogP contribution in [0.15, 0.2) is 174 Å². The van der Waals surface area contributed by atoms with Gasteiger partial charge in [-0.25, -0.2) is 0 Å². The number of benzene rings is 6. The lowest BCUT2D eigenvalue weighted by molar-refractivity contribution is 0.668. The van der Waals surface area contributed by atoms with Crippen molar-refractivity contribution in [3.63, 3.8) is 0 Å². The predicted molar refractivity (Wildman–Crippen MR) is 183 cm³/mol. The Morgan fingerprint density at radius 2 is 0.886 bits per heavy atom. The van der Waals surface area contributed by atoms with Gasteiger partial charge in [0.15, 0.2) is 11.2 Å². The smallest absolute Gasteiger partial charge is 0.161 e. The molecular weight excluding hydrogens is 536 g/mol. The Hall–Kier alpha value is -5.93. The highest BCUT2D eigenvalue weighted by Crippen LogP contribution is 2.42. The number of fused-ring (bicyclic) bond motifs is 3. The molecule has 0 radical (unpaired) electrons. The normalized spacial score (nSPS) is 11.2. The second-order valence-corrected chi connectivity index (χ2v) is 10.8. The van der Waals surface area contributed by atoms with Gasteiger partial charge in [0, 0.05) is 23.0 Å². The molecule has 3 nitrogen and oxygen atoms in total. The quantitative estimate of drug-likeness (QED) is 0.201. The second-order valence-electron chi connectivity index (χ2n) is 10.8. The van der Waals surface area contributed by atoms with Gasteiger partial charge in [-0.15, -0.1) is 0 Å². The Balaban J connectivity index is 1.21. The Morgan fingerprint density at radius 3 is 1.41 bits per heavy atom. The van der Waals surface area contributed by atoms with Crippen LogP contribution in [0.2, 0.25) is 0 Å². The van der Waals surface area contributed by atoms with E-state index in [2.05, 4.69) is 149 Å². The average molecular weight is 565 g/mol. The molecule has 0 saturated heterocycles. The summed E-state index contributed by atoms with van der Waals surface area (Å²) in [6.07, 6.45) is 1.81. The first kappa shape index (κ1) is 25.8. The van der Waals surface area contributed by atoms with E-state index in [0.29, 0.717) is 0 Å². The summed E-state index contributed by atoms with van der Waals surface area (Å²) in [4.78, 5) is 6.88. The van der Waals surface area contributed by atoms with E-state index in [1.165, 1.54) is 33.4 Å². The molecule has 44 heavy (non-hydrogen) atoms. The molecule has 0 unspecified atom stereocenters. The van der Waals surface area contributed by atoms with Crippen LogP contribution in [0.3, 0.4) is 0 Å². The number of pyridine rings is 1. The fourth-order valence-electron chi connectivity index (χ4n) is 5.93. The van der Waals surface area contributed by atoms with Crippen molar-refractivity contribution in [2.24, 2.45) is 0 Å². The minimum atomic E-state index is 0.781. The van der Waals surface area contributed by atoms with Crippen LogP contribution in [0.25, 0.3) is 55.4 Å². The minimum absolute atomic E-state index is 0.781. The first-order chi connectivity index (χ1) is 21.8. The molecule has 0 aliphatic heterocycles. The van der Waals surface area contributed by atoms with E-state index >= 15 is 0 Å². The van der Waals surface area contributed by atoms with Crippen molar-refractivity contribution in [3.05, 3.63) is 170 Å². The lowest BCUT2D eigenvalue weighted by Gasteiger charge is -2.26. The number of hydrogen-bond acceptors (Lipinski definition) is 3. The molecule has 0 N–H and O–H groups in total. The molecule has 2 aromatic heterocycles. The van der Waals surface area contributed by atoms with Crippen molar-refractivity contribution < 1.29 is 4.42 Å². The van der Waals surface area contributed by atoms with Crippen LogP contribution in [0, 0.1) is 0 Å². The Bertz CT molecular complexity index is 2180. The van der Waals surface area contributed by atoms with E-state index in [1.54, 1.807) is 0 Å². The number of para-hydroxylation sites is 1. The van der Waals surface area contributed by atoms with E-state index < -0.39 is 0 Å². The summed E-state index contributed by atoms with van der Waals surface area (Å²) in [7, 11) is 0. The largest absolute Gasteiger partial charge is 0.452 e. The molecule has 8 aromatic rings. The zero-order valence-electron chi connectivity index (χ0n) is 24.0. The summed E-state index contributed by atoms with van der Waals surface area (Å²) < 4.78 is 6.44. The van der Waals surface area contributed by atoms with Gasteiger partial charge < -0.3 is 9.32 Å². The summed E-state index contributed by atoms with van der Waals surface area (Å²) in [5.74, 6) is 0. The maximum atomic E-state index is 6.44. The summed E-state index contributed by atoms with van der Waals surface area (Å²) in [5, 5.41) is 0.999. The molecular formula is C41H28N2O. The number of hydrogen-bond donors (Lipinski definition) is 0. The SMILES string of the molecule is c1ccc(-c2ccc(-c3ccc(N(c4ccc(-c5ccccc5)cc4)c4cccc5c4oc4cccnc45)cc3)cc2)cc1. The Morgan fingerprint density at radius 1 is 0.409 bits per heavy atom. The molecule has 208 valence electrons. The van der Waals surface area contributed by atoms with Gasteiger partial charge in [-0.1, -0.05) is 115 Å². The number of aromatic nitrogens is 1. The Kier molecular flexibility index (Phi) is 6.47. The third-order valence-electron chi connectivity index (χ3n) is 8.16. The zero-order chi connectivity index (χ0) is 29.3. The third kappa shape index (κ3) is 4.71. The van der Waals surface area contributed by atoms with Crippen molar-refractivity contribution in [2.45, 2.75) is 0 Å². The lowest BCUT2D eigenvalue weighted by atomic mass is 10.00. The van der Waals surface area contributed by atoms with Crippen molar-refractivity contribution in [1.29, 1.82) is 0 Å². The number of nitrogens with zero attached hydrogens (tertiary/aromatic N) is 2. The molecule has 6 aromatic carbocycles. The molecule has 8 rings (SSSR count). The van der Waals surface area contributed by atoms with Crippen LogP contribution < -0.4 is 4.90 Å². The summed E-state index contributed by atoms with van der Waals surface area (Å²) in [5.41, 5.74) is 12.7. The lowest BCUT2D eigenvalue weighted by Crippen LogP contribution is -2.10. The fourth-order valence-corrected chi connectivity index (χ4v) is 5.93. The summed E-state index contributed by atoms with van der Waals surface area (Å²) in [6.45, 7) is 0. The highest BCUT2D eigenvalue weighted by molar-refractivity contribution is 6.08. The van der Waals surface area contributed by atoms with Crippen molar-refractivity contribution in [3.8, 4) is 33.4 Å². The standard InChI is InChI=1S/C41H28N2O/c1-3-9-29(10-4-1)31-16-18-32(19-17-31)34-22-26-36(27-23-34)43(35-24-20-33(21-25-35)30-11-5-2-6-12-30)38-14-7-13-37-40-39(44-41(37)38)15-8-28-42-40/h1-28H. The molecule has 3 heteroatoms. The third-order valence-corrected chi connectivity index (χ3v) is 8.16. The van der Waals surface area contributed by atoms with Crippen LogP contribution >= 0.6 is 0 Å². The van der Waals surface area contributed by atoms with Crippen LogP contribution in [-0.4, -0.2) is 4.98 Å². The molecule has 0 bridgehead atoms. The first-order valence-electron chi connectivity index (χ1n) is 14.8. The van der Waals surface area contributed by atoms with Gasteiger partial charge in [-0.2, -0.15) is 0 Å². The van der Waals surface area contributed by atoms with Crippen molar-refractivity contribution in [1.82, 2.24) is 4.98 Å². The van der Waals surface area contributed by atoms with E-state index in [0.717, 1.165) is 39.1 Å². The van der Waals surface area contributed by atoms with Gasteiger partial charge in [-0.3, -0.25) is 4.98 Å². The maximum absolute atomic E-state index is 6.44. The van der Waals surface area contributed by atoms with Crippen LogP contribution in [-0.2, 0) is 0 Å². The molecule has 0 aliphatic rings. The minimum Gasteiger partial charge on any atom is -0.452 e. The second kappa shape index (κ2) is 11.0. The van der Waals surface area contributed by atoms with E-state index in [4.69, 9.17) is 4.42 Å². The zero-order valence-corrected chi connectivity index (χ0v) is 24.0. The topological polar surface area (TPSA) is 29.3 Å². The molecule has 0 saturated carbocycles. The Labute approximate surface area is 256 Å². The van der Waals surface area contributed by atoms with Gasteiger partial charge in [0.2, 0.25) is 0 Å². The monoisotopic (exact) mass is 564 g/mol. The fraction of sp³-hybridized carbons (Fsp3) is 0. The number of furan rings is 1. The van der Waals surface area contributed by atoms with Crippen LogP contribution in [0.4, 0.5) is 17.1 Å². The van der Waals surface area contributed by atoms with Gasteiger partial charge in [0.25, 0.3) is 0 Å². The van der Waals surface area contributed by atoms with Gasteiger partial charge in [0.05, 0.1) is 5.69 Å². The molecule has 0 atom stereocenters. The average Bonchev–Trinajstić information content (AvgIpc) is 3.50.